The van der Waals surface area contributed by atoms with Crippen molar-refractivity contribution in [3.63, 3.8) is 0 Å². The lowest BCUT2D eigenvalue weighted by Crippen LogP contribution is -2.54. The van der Waals surface area contributed by atoms with E-state index in [1.807, 2.05) is 36.1 Å². The molecule has 1 saturated heterocycles. The van der Waals surface area contributed by atoms with Gasteiger partial charge >= 0.3 is 6.03 Å². The molecule has 1 aromatic heterocycles. The third-order valence-electron chi connectivity index (χ3n) is 4.72. The van der Waals surface area contributed by atoms with Gasteiger partial charge in [0.1, 0.15) is 11.4 Å². The average Bonchev–Trinajstić information content (AvgIpc) is 2.63. The van der Waals surface area contributed by atoms with Gasteiger partial charge in [0.15, 0.2) is 0 Å². The molecular formula is C19H20N4O2. The van der Waals surface area contributed by atoms with E-state index < -0.39 is 5.60 Å². The second-order valence-corrected chi connectivity index (χ2v) is 6.52. The molecule has 2 amide bonds. The molecule has 6 heteroatoms. The van der Waals surface area contributed by atoms with Crippen LogP contribution in [0.5, 0.6) is 5.75 Å². The Kier molecular flexibility index (Phi) is 3.87. The molecule has 128 valence electrons. The van der Waals surface area contributed by atoms with Gasteiger partial charge in [-0.1, -0.05) is 24.3 Å². The third kappa shape index (κ3) is 3.07. The van der Waals surface area contributed by atoms with Crippen molar-refractivity contribution >= 4 is 17.8 Å². The molecular weight excluding hydrogens is 316 g/mol. The quantitative estimate of drug-likeness (QED) is 0.868. The number of aromatic nitrogens is 2. The lowest BCUT2D eigenvalue weighted by atomic mass is 9.89. The Labute approximate surface area is 146 Å². The fourth-order valence-electron chi connectivity index (χ4n) is 3.38. The largest absolute Gasteiger partial charge is 0.481 e. The van der Waals surface area contributed by atoms with E-state index in [4.69, 9.17) is 4.74 Å². The van der Waals surface area contributed by atoms with Crippen LogP contribution >= 0.6 is 0 Å². The molecule has 1 atom stereocenters. The number of hydrogen-bond acceptors (Lipinski definition) is 4. The summed E-state index contributed by atoms with van der Waals surface area (Å²) >= 11 is 0. The van der Waals surface area contributed by atoms with Crippen molar-refractivity contribution in [3.8, 4) is 5.75 Å². The van der Waals surface area contributed by atoms with Crippen LogP contribution in [0, 0.1) is 6.92 Å². The Morgan fingerprint density at radius 1 is 1.32 bits per heavy atom. The number of fused-ring (bicyclic) bond motifs is 1. The number of hydrogen-bond donors (Lipinski definition) is 1. The van der Waals surface area contributed by atoms with Crippen LogP contribution in [0.25, 0.3) is 6.08 Å². The van der Waals surface area contributed by atoms with E-state index >= 15 is 0 Å². The number of nitrogens with one attached hydrogen (secondary N) is 1. The maximum Gasteiger partial charge on any atom is 0.322 e. The number of carbonyl (C=O) groups is 1. The van der Waals surface area contributed by atoms with Crippen molar-refractivity contribution in [3.05, 3.63) is 53.9 Å². The number of para-hydroxylation sites is 1. The topological polar surface area (TPSA) is 67.4 Å². The molecule has 1 N–H and O–H groups in total. The van der Waals surface area contributed by atoms with Gasteiger partial charge in [-0.05, 0) is 38.0 Å². The summed E-state index contributed by atoms with van der Waals surface area (Å²) in [5, 5.41) is 10.7. The normalized spacial score (nSPS) is 21.6. The molecule has 0 radical (unpaired) electrons. The number of likely N-dealkylation sites (tertiary alicyclic amines) is 1. The average molecular weight is 336 g/mol. The Balaban J connectivity index is 1.50. The van der Waals surface area contributed by atoms with Crippen LogP contribution in [0.1, 0.15) is 24.1 Å². The minimum atomic E-state index is -0.449. The number of nitrogens with zero attached hydrogens (tertiary/aromatic N) is 3. The monoisotopic (exact) mass is 336 g/mol. The maximum absolute atomic E-state index is 12.7. The van der Waals surface area contributed by atoms with Crippen LogP contribution in [0.4, 0.5) is 10.5 Å². The third-order valence-corrected chi connectivity index (χ3v) is 4.72. The standard InChI is InChI=1S/C19H20N4O2/c1-14-16(8-11-20-22-14)21-18(24)23-12-4-9-19(13-23)10-7-15-5-2-3-6-17(15)25-19/h2-3,5-8,10-11H,4,9,12-13H2,1H3,(H,20,21,24). The summed E-state index contributed by atoms with van der Waals surface area (Å²) in [6.07, 6.45) is 7.56. The van der Waals surface area contributed by atoms with E-state index in [1.54, 1.807) is 12.3 Å². The molecule has 6 nitrogen and oxygen atoms in total. The van der Waals surface area contributed by atoms with E-state index in [2.05, 4.69) is 27.7 Å². The van der Waals surface area contributed by atoms with Gasteiger partial charge in [0, 0.05) is 12.1 Å². The summed E-state index contributed by atoms with van der Waals surface area (Å²) < 4.78 is 6.28. The lowest BCUT2D eigenvalue weighted by molar-refractivity contribution is 0.0442. The molecule has 1 unspecified atom stereocenters. The van der Waals surface area contributed by atoms with Gasteiger partial charge in [-0.15, -0.1) is 0 Å². The van der Waals surface area contributed by atoms with Gasteiger partial charge < -0.3 is 15.0 Å². The van der Waals surface area contributed by atoms with E-state index in [0.29, 0.717) is 24.5 Å². The van der Waals surface area contributed by atoms with Crippen LogP contribution in [-0.4, -0.2) is 39.8 Å². The van der Waals surface area contributed by atoms with Gasteiger partial charge in [-0.2, -0.15) is 10.2 Å². The molecule has 2 aromatic rings. The smallest absolute Gasteiger partial charge is 0.322 e. The summed E-state index contributed by atoms with van der Waals surface area (Å²) in [4.78, 5) is 14.5. The van der Waals surface area contributed by atoms with Crippen LogP contribution in [0.15, 0.2) is 42.6 Å². The number of piperidine rings is 1. The SMILES string of the molecule is Cc1nnccc1NC(=O)N1CCCC2(C=Cc3ccccc3O2)C1. The summed E-state index contributed by atoms with van der Waals surface area (Å²) in [7, 11) is 0. The summed E-state index contributed by atoms with van der Waals surface area (Å²) in [6, 6.07) is 9.60. The van der Waals surface area contributed by atoms with Gasteiger partial charge in [-0.3, -0.25) is 0 Å². The van der Waals surface area contributed by atoms with Crippen molar-refractivity contribution < 1.29 is 9.53 Å². The minimum Gasteiger partial charge on any atom is -0.481 e. The zero-order valence-electron chi connectivity index (χ0n) is 14.1. The molecule has 4 rings (SSSR count). The number of amides is 2. The van der Waals surface area contributed by atoms with Crippen molar-refractivity contribution in [1.29, 1.82) is 0 Å². The zero-order chi connectivity index (χ0) is 17.3. The molecule has 0 saturated carbocycles. The number of aryl methyl sites for hydroxylation is 1. The summed E-state index contributed by atoms with van der Waals surface area (Å²) in [6.45, 7) is 3.06. The number of rotatable bonds is 1. The molecule has 0 aliphatic carbocycles. The summed E-state index contributed by atoms with van der Waals surface area (Å²) in [5.41, 5.74) is 2.01. The van der Waals surface area contributed by atoms with Crippen molar-refractivity contribution in [2.24, 2.45) is 0 Å². The fourth-order valence-corrected chi connectivity index (χ4v) is 3.38. The lowest BCUT2D eigenvalue weighted by Gasteiger charge is -2.42. The second-order valence-electron chi connectivity index (χ2n) is 6.52. The molecule has 1 spiro atoms. The minimum absolute atomic E-state index is 0.133. The van der Waals surface area contributed by atoms with Gasteiger partial charge in [0.25, 0.3) is 0 Å². The Morgan fingerprint density at radius 2 is 2.20 bits per heavy atom. The molecule has 3 heterocycles. The molecule has 2 aliphatic heterocycles. The highest BCUT2D eigenvalue weighted by molar-refractivity contribution is 5.90. The number of carbonyl (C=O) groups excluding carboxylic acids is 1. The first kappa shape index (κ1) is 15.6. The van der Waals surface area contributed by atoms with Crippen LogP contribution in [-0.2, 0) is 0 Å². The molecule has 1 fully saturated rings. The van der Waals surface area contributed by atoms with Crippen LogP contribution in [0.2, 0.25) is 0 Å². The Morgan fingerprint density at radius 3 is 3.08 bits per heavy atom. The molecule has 25 heavy (non-hydrogen) atoms. The highest BCUT2D eigenvalue weighted by Crippen LogP contribution is 2.36. The predicted molar refractivity (Wildman–Crippen MR) is 95.4 cm³/mol. The van der Waals surface area contributed by atoms with E-state index in [1.165, 1.54) is 0 Å². The number of ether oxygens (including phenoxy) is 1. The van der Waals surface area contributed by atoms with Gasteiger partial charge in [-0.25, -0.2) is 4.79 Å². The van der Waals surface area contributed by atoms with Crippen molar-refractivity contribution in [2.75, 3.05) is 18.4 Å². The first-order valence-corrected chi connectivity index (χ1v) is 8.47. The highest BCUT2D eigenvalue weighted by atomic mass is 16.5. The maximum atomic E-state index is 12.7. The molecule has 0 bridgehead atoms. The fraction of sp³-hybridized carbons (Fsp3) is 0.316. The van der Waals surface area contributed by atoms with E-state index in [0.717, 1.165) is 24.2 Å². The Hall–Kier alpha value is -2.89. The van der Waals surface area contributed by atoms with Crippen molar-refractivity contribution in [1.82, 2.24) is 15.1 Å². The van der Waals surface area contributed by atoms with Gasteiger partial charge in [0.05, 0.1) is 24.1 Å². The second kappa shape index (κ2) is 6.20. The van der Waals surface area contributed by atoms with Crippen LogP contribution in [0.3, 0.4) is 0 Å². The summed E-state index contributed by atoms with van der Waals surface area (Å²) in [5.74, 6) is 0.876. The van der Waals surface area contributed by atoms with Gasteiger partial charge in [0.2, 0.25) is 0 Å². The number of benzene rings is 1. The number of anilines is 1. The van der Waals surface area contributed by atoms with Crippen LogP contribution < -0.4 is 10.1 Å². The predicted octanol–water partition coefficient (Wildman–Crippen LogP) is 3.26. The molecule has 1 aromatic carbocycles. The molecule has 2 aliphatic rings. The first-order valence-electron chi connectivity index (χ1n) is 8.47. The highest BCUT2D eigenvalue weighted by Gasteiger charge is 2.39. The van der Waals surface area contributed by atoms with E-state index in [-0.39, 0.29) is 6.03 Å². The zero-order valence-corrected chi connectivity index (χ0v) is 14.1. The first-order chi connectivity index (χ1) is 12.2. The number of urea groups is 1. The van der Waals surface area contributed by atoms with Crippen molar-refractivity contribution in [2.45, 2.75) is 25.4 Å². The Bertz CT molecular complexity index is 836. The van der Waals surface area contributed by atoms with E-state index in [9.17, 15) is 4.79 Å².